The van der Waals surface area contributed by atoms with Gasteiger partial charge < -0.3 is 0 Å². The van der Waals surface area contributed by atoms with Gasteiger partial charge in [0.25, 0.3) is 21.3 Å². The van der Waals surface area contributed by atoms with Crippen LogP contribution in [-0.2, 0) is 16.4 Å². The second-order valence-electron chi connectivity index (χ2n) is 6.41. The van der Waals surface area contributed by atoms with Gasteiger partial charge in [-0.15, -0.1) is 0 Å². The Morgan fingerprint density at radius 1 is 1.10 bits per heavy atom. The van der Waals surface area contributed by atoms with E-state index in [9.17, 15) is 23.3 Å². The molecule has 4 rings (SSSR count). The number of halogens is 2. The number of anilines is 1. The van der Waals surface area contributed by atoms with Crippen molar-refractivity contribution < 1.29 is 13.3 Å². The van der Waals surface area contributed by atoms with Gasteiger partial charge in [0.15, 0.2) is 0 Å². The first-order valence-electron chi connectivity index (χ1n) is 8.54. The molecule has 12 heteroatoms. The van der Waals surface area contributed by atoms with Crippen molar-refractivity contribution in [3.05, 3.63) is 84.7 Å². The highest BCUT2D eigenvalue weighted by Crippen LogP contribution is 2.35. The second-order valence-corrected chi connectivity index (χ2v) is 9.06. The molecule has 1 aliphatic rings. The second kappa shape index (κ2) is 7.38. The molecule has 0 saturated carbocycles. The molecule has 2 aromatic carbocycles. The molecule has 154 valence electrons. The number of sulfonamides is 1. The summed E-state index contributed by atoms with van der Waals surface area (Å²) in [5.41, 5.74) is 0.481. The smallest absolute Gasteiger partial charge is 0.266 e. The van der Waals surface area contributed by atoms with Crippen LogP contribution in [0.2, 0.25) is 10.0 Å². The fraction of sp³-hybridized carbons (Fsp3) is 0.111. The highest BCUT2D eigenvalue weighted by Gasteiger charge is 2.32. The van der Waals surface area contributed by atoms with Gasteiger partial charge in [-0.25, -0.2) is 8.42 Å². The summed E-state index contributed by atoms with van der Waals surface area (Å²) in [5, 5.41) is 14.8. The van der Waals surface area contributed by atoms with E-state index in [1.165, 1.54) is 42.6 Å². The number of fused-ring (bicyclic) bond motifs is 1. The molecule has 0 fully saturated rings. The van der Waals surface area contributed by atoms with Crippen LogP contribution in [-0.4, -0.2) is 29.7 Å². The van der Waals surface area contributed by atoms with Crippen molar-refractivity contribution in [3.63, 3.8) is 0 Å². The van der Waals surface area contributed by atoms with Gasteiger partial charge in [0, 0.05) is 18.7 Å². The van der Waals surface area contributed by atoms with Crippen molar-refractivity contribution in [3.8, 4) is 5.69 Å². The zero-order valence-corrected chi connectivity index (χ0v) is 17.4. The van der Waals surface area contributed by atoms with Crippen molar-refractivity contribution >= 4 is 44.6 Å². The van der Waals surface area contributed by atoms with Crippen LogP contribution in [0.25, 0.3) is 5.69 Å². The van der Waals surface area contributed by atoms with Crippen molar-refractivity contribution in [2.75, 3.05) is 10.8 Å². The first kappa shape index (κ1) is 20.3. The lowest BCUT2D eigenvalue weighted by atomic mass is 10.1. The molecule has 0 radical (unpaired) electrons. The third-order valence-electron chi connectivity index (χ3n) is 4.68. The molecule has 1 aliphatic heterocycles. The summed E-state index contributed by atoms with van der Waals surface area (Å²) in [6.07, 6.45) is 1.66. The summed E-state index contributed by atoms with van der Waals surface area (Å²) in [6.45, 7) is 0.175. The summed E-state index contributed by atoms with van der Waals surface area (Å²) >= 11 is 11.6. The minimum Gasteiger partial charge on any atom is -0.266 e. The number of rotatable bonds is 4. The molecular formula is C18H12Cl2N4O5S. The van der Waals surface area contributed by atoms with Crippen molar-refractivity contribution in [1.29, 1.82) is 0 Å². The number of non-ortho nitro benzene ring substituents is 1. The molecule has 0 aliphatic carbocycles. The van der Waals surface area contributed by atoms with E-state index >= 15 is 0 Å². The topological polar surface area (TPSA) is 115 Å². The van der Waals surface area contributed by atoms with Gasteiger partial charge in [-0.2, -0.15) is 9.78 Å². The quantitative estimate of drug-likeness (QED) is 0.430. The lowest BCUT2D eigenvalue weighted by molar-refractivity contribution is -0.384. The summed E-state index contributed by atoms with van der Waals surface area (Å²) in [7, 11) is -3.96. The van der Waals surface area contributed by atoms with Crippen molar-refractivity contribution in [2.24, 2.45) is 0 Å². The van der Waals surface area contributed by atoms with Crippen LogP contribution in [0.15, 0.2) is 58.4 Å². The molecule has 3 aromatic rings. The van der Waals surface area contributed by atoms with E-state index in [4.69, 9.17) is 23.2 Å². The van der Waals surface area contributed by atoms with Gasteiger partial charge in [-0.3, -0.25) is 19.2 Å². The van der Waals surface area contributed by atoms with Gasteiger partial charge in [-0.05, 0) is 36.2 Å². The van der Waals surface area contributed by atoms with Crippen LogP contribution >= 0.6 is 23.2 Å². The highest BCUT2D eigenvalue weighted by atomic mass is 35.5. The molecule has 0 unspecified atom stereocenters. The van der Waals surface area contributed by atoms with Crippen LogP contribution in [0.5, 0.6) is 0 Å². The first-order valence-corrected chi connectivity index (χ1v) is 10.7. The minimum atomic E-state index is -3.96. The summed E-state index contributed by atoms with van der Waals surface area (Å²) < 4.78 is 28.4. The van der Waals surface area contributed by atoms with Crippen LogP contribution in [0.4, 0.5) is 11.4 Å². The molecule has 1 aromatic heterocycles. The van der Waals surface area contributed by atoms with Gasteiger partial charge in [-0.1, -0.05) is 29.3 Å². The Hall–Kier alpha value is -2.95. The SMILES string of the molecule is O=c1c(Cl)c(Cl)cnn1-c1ccc(S(=O)(=O)N2CCc3ccc([N+](=O)[O-])cc32)cc1. The van der Waals surface area contributed by atoms with Crippen LogP contribution in [0, 0.1) is 10.1 Å². The molecular weight excluding hydrogens is 455 g/mol. The largest absolute Gasteiger partial charge is 0.291 e. The van der Waals surface area contributed by atoms with E-state index in [1.807, 2.05) is 0 Å². The lowest BCUT2D eigenvalue weighted by Crippen LogP contribution is -2.29. The monoisotopic (exact) mass is 466 g/mol. The maximum Gasteiger partial charge on any atom is 0.291 e. The maximum atomic E-state index is 13.1. The fourth-order valence-corrected chi connectivity index (χ4v) is 4.93. The van der Waals surface area contributed by atoms with Crippen LogP contribution in [0.3, 0.4) is 0 Å². The normalized spacial score (nSPS) is 13.3. The Kier molecular flexibility index (Phi) is 5.00. The number of hydrogen-bond donors (Lipinski definition) is 0. The van der Waals surface area contributed by atoms with Gasteiger partial charge in [0.2, 0.25) is 0 Å². The van der Waals surface area contributed by atoms with E-state index < -0.39 is 20.5 Å². The van der Waals surface area contributed by atoms with E-state index in [0.29, 0.717) is 17.7 Å². The van der Waals surface area contributed by atoms with Crippen LogP contribution < -0.4 is 9.86 Å². The van der Waals surface area contributed by atoms with Crippen LogP contribution in [0.1, 0.15) is 5.56 Å². The van der Waals surface area contributed by atoms with Gasteiger partial charge in [0.1, 0.15) is 5.02 Å². The number of nitro benzene ring substituents is 1. The predicted octanol–water partition coefficient (Wildman–Crippen LogP) is 3.20. The molecule has 2 heterocycles. The predicted molar refractivity (Wildman–Crippen MR) is 111 cm³/mol. The average molecular weight is 467 g/mol. The number of hydrogen-bond acceptors (Lipinski definition) is 6. The van der Waals surface area contributed by atoms with E-state index in [1.54, 1.807) is 6.07 Å². The van der Waals surface area contributed by atoms with Crippen molar-refractivity contribution in [2.45, 2.75) is 11.3 Å². The number of nitro groups is 1. The zero-order valence-electron chi connectivity index (χ0n) is 15.0. The summed E-state index contributed by atoms with van der Waals surface area (Å²) in [5.74, 6) is 0. The number of benzene rings is 2. The zero-order chi connectivity index (χ0) is 21.6. The molecule has 0 amide bonds. The molecule has 0 atom stereocenters. The molecule has 0 bridgehead atoms. The Morgan fingerprint density at radius 2 is 1.80 bits per heavy atom. The molecule has 0 saturated heterocycles. The first-order chi connectivity index (χ1) is 14.2. The molecule has 0 spiro atoms. The van der Waals surface area contributed by atoms with Gasteiger partial charge in [0.05, 0.1) is 32.4 Å². The summed E-state index contributed by atoms with van der Waals surface area (Å²) in [6, 6.07) is 9.66. The van der Waals surface area contributed by atoms with Crippen molar-refractivity contribution in [1.82, 2.24) is 9.78 Å². The third-order valence-corrected chi connectivity index (χ3v) is 7.25. The Bertz CT molecular complexity index is 1340. The minimum absolute atomic E-state index is 0.0129. The summed E-state index contributed by atoms with van der Waals surface area (Å²) in [4.78, 5) is 22.7. The Morgan fingerprint density at radius 3 is 2.47 bits per heavy atom. The highest BCUT2D eigenvalue weighted by molar-refractivity contribution is 7.92. The van der Waals surface area contributed by atoms with E-state index in [2.05, 4.69) is 5.10 Å². The molecule has 9 nitrogen and oxygen atoms in total. The van der Waals surface area contributed by atoms with E-state index in [-0.39, 0.29) is 32.9 Å². The van der Waals surface area contributed by atoms with E-state index in [0.717, 1.165) is 8.99 Å². The third kappa shape index (κ3) is 3.32. The number of aromatic nitrogens is 2. The lowest BCUT2D eigenvalue weighted by Gasteiger charge is -2.19. The Balaban J connectivity index is 1.71. The Labute approximate surface area is 180 Å². The van der Waals surface area contributed by atoms with Gasteiger partial charge >= 0.3 is 0 Å². The number of nitrogens with zero attached hydrogens (tertiary/aromatic N) is 4. The average Bonchev–Trinajstić information content (AvgIpc) is 3.16. The standard InChI is InChI=1S/C18H12Cl2N4O5S/c19-15-10-21-23(18(25)17(15)20)12-3-5-14(6-4-12)30(28,29)22-8-7-11-1-2-13(24(26)27)9-16(11)22/h1-6,9-10H,7-8H2. The molecule has 30 heavy (non-hydrogen) atoms. The fourth-order valence-electron chi connectivity index (χ4n) is 3.18. The maximum absolute atomic E-state index is 13.1. The molecule has 0 N–H and O–H groups in total.